The van der Waals surface area contributed by atoms with Crippen molar-refractivity contribution in [3.8, 4) is 0 Å². The lowest BCUT2D eigenvalue weighted by atomic mass is 10.1. The Morgan fingerprint density at radius 3 is 2.60 bits per heavy atom. The van der Waals surface area contributed by atoms with Crippen LogP contribution in [-0.2, 0) is 9.84 Å². The smallest absolute Gasteiger partial charge is 0.157 e. The largest absolute Gasteiger partial charge is 0.228 e. The molecule has 1 aromatic rings. The average molecular weight is 289 g/mol. The topological polar surface area (TPSA) is 34.1 Å². The molecule has 4 heteroatoms. The Kier molecular flexibility index (Phi) is 3.16. The molecule has 2 nitrogen and oxygen atoms in total. The van der Waals surface area contributed by atoms with Gasteiger partial charge in [-0.05, 0) is 24.5 Å². The zero-order valence-electron chi connectivity index (χ0n) is 8.32. The van der Waals surface area contributed by atoms with Gasteiger partial charge in [0.05, 0.1) is 11.0 Å². The molecule has 0 amide bonds. The molecule has 1 atom stereocenters. The fourth-order valence-corrected chi connectivity index (χ4v) is 4.76. The molecule has 0 spiro atoms. The molecule has 2 rings (SSSR count). The van der Waals surface area contributed by atoms with Gasteiger partial charge in [-0.1, -0.05) is 40.5 Å². The van der Waals surface area contributed by atoms with E-state index < -0.39 is 9.84 Å². The van der Waals surface area contributed by atoms with Gasteiger partial charge in [0.15, 0.2) is 9.84 Å². The number of benzene rings is 1. The summed E-state index contributed by atoms with van der Waals surface area (Å²) >= 11 is 3.42. The quantitative estimate of drug-likeness (QED) is 0.796. The van der Waals surface area contributed by atoms with Crippen LogP contribution in [0.3, 0.4) is 0 Å². The normalized spacial score (nSPS) is 25.0. The fourth-order valence-electron chi connectivity index (χ4n) is 2.04. The van der Waals surface area contributed by atoms with Gasteiger partial charge in [-0.15, -0.1) is 0 Å². The number of halogens is 1. The number of hydrogen-bond acceptors (Lipinski definition) is 2. The summed E-state index contributed by atoms with van der Waals surface area (Å²) in [5.74, 6) is 0.332. The monoisotopic (exact) mass is 288 g/mol. The zero-order valence-corrected chi connectivity index (χ0v) is 10.7. The second kappa shape index (κ2) is 4.26. The van der Waals surface area contributed by atoms with Gasteiger partial charge in [-0.3, -0.25) is 0 Å². The van der Waals surface area contributed by atoms with Crippen molar-refractivity contribution in [1.82, 2.24) is 0 Å². The van der Waals surface area contributed by atoms with Crippen molar-refractivity contribution in [1.29, 1.82) is 0 Å². The summed E-state index contributed by atoms with van der Waals surface area (Å²) in [6, 6.07) is 7.60. The maximum Gasteiger partial charge on any atom is 0.157 e. The van der Waals surface area contributed by atoms with E-state index in [-0.39, 0.29) is 5.25 Å². The van der Waals surface area contributed by atoms with Gasteiger partial charge in [0.25, 0.3) is 0 Å². The highest BCUT2D eigenvalue weighted by Gasteiger charge is 2.31. The SMILES string of the molecule is O=S1(=O)CCCCC1c1ccccc1Br. The van der Waals surface area contributed by atoms with Gasteiger partial charge >= 0.3 is 0 Å². The molecule has 0 aromatic heterocycles. The van der Waals surface area contributed by atoms with Crippen LogP contribution >= 0.6 is 15.9 Å². The Morgan fingerprint density at radius 2 is 1.93 bits per heavy atom. The third-order valence-electron chi connectivity index (χ3n) is 2.83. The lowest BCUT2D eigenvalue weighted by molar-refractivity contribution is 0.545. The molecule has 1 fully saturated rings. The van der Waals surface area contributed by atoms with Gasteiger partial charge in [0.1, 0.15) is 0 Å². The molecule has 1 aliphatic rings. The van der Waals surface area contributed by atoms with Crippen molar-refractivity contribution < 1.29 is 8.42 Å². The van der Waals surface area contributed by atoms with Crippen molar-refractivity contribution >= 4 is 25.8 Å². The van der Waals surface area contributed by atoms with E-state index in [9.17, 15) is 8.42 Å². The summed E-state index contributed by atoms with van der Waals surface area (Å²) in [6.45, 7) is 0. The molecule has 0 saturated carbocycles. The van der Waals surface area contributed by atoms with Gasteiger partial charge < -0.3 is 0 Å². The second-order valence-corrected chi connectivity index (χ2v) is 7.03. The Bertz CT molecular complexity index is 453. The van der Waals surface area contributed by atoms with Gasteiger partial charge in [0.2, 0.25) is 0 Å². The summed E-state index contributed by atoms with van der Waals surface area (Å²) in [6.07, 6.45) is 2.57. The van der Waals surface area contributed by atoms with Crippen LogP contribution < -0.4 is 0 Å². The lowest BCUT2D eigenvalue weighted by Gasteiger charge is -2.23. The Labute approximate surface area is 98.7 Å². The van der Waals surface area contributed by atoms with Crippen molar-refractivity contribution in [2.24, 2.45) is 0 Å². The molecular formula is C11H13BrO2S. The van der Waals surface area contributed by atoms with Crippen LogP contribution in [-0.4, -0.2) is 14.2 Å². The number of sulfone groups is 1. The van der Waals surface area contributed by atoms with E-state index in [4.69, 9.17) is 0 Å². The Hall–Kier alpha value is -0.350. The summed E-state index contributed by atoms with van der Waals surface area (Å²) < 4.78 is 24.7. The standard InChI is InChI=1S/C11H13BrO2S/c12-10-6-2-1-5-9(10)11-7-3-4-8-15(11,13)14/h1-2,5-6,11H,3-4,7-8H2. The molecule has 1 saturated heterocycles. The average Bonchev–Trinajstić information content (AvgIpc) is 2.19. The minimum absolute atomic E-state index is 0.304. The maximum atomic E-state index is 11.9. The summed E-state index contributed by atoms with van der Waals surface area (Å²) in [7, 11) is -2.93. The highest BCUT2D eigenvalue weighted by atomic mass is 79.9. The Balaban J connectivity index is 2.42. The molecule has 0 aliphatic carbocycles. The van der Waals surface area contributed by atoms with E-state index >= 15 is 0 Å². The number of hydrogen-bond donors (Lipinski definition) is 0. The predicted molar refractivity (Wildman–Crippen MR) is 64.5 cm³/mol. The second-order valence-electron chi connectivity index (χ2n) is 3.87. The predicted octanol–water partition coefficient (Wildman–Crippen LogP) is 3.09. The van der Waals surface area contributed by atoms with Crippen molar-refractivity contribution in [3.05, 3.63) is 34.3 Å². The summed E-state index contributed by atoms with van der Waals surface area (Å²) in [5, 5.41) is -0.304. The van der Waals surface area contributed by atoms with Crippen LogP contribution in [0.25, 0.3) is 0 Å². The third-order valence-corrected chi connectivity index (χ3v) is 5.77. The van der Waals surface area contributed by atoms with E-state index in [2.05, 4.69) is 15.9 Å². The van der Waals surface area contributed by atoms with E-state index in [1.54, 1.807) is 0 Å². The van der Waals surface area contributed by atoms with Gasteiger partial charge in [-0.25, -0.2) is 8.42 Å². The van der Waals surface area contributed by atoms with E-state index in [0.29, 0.717) is 5.75 Å². The fraction of sp³-hybridized carbons (Fsp3) is 0.455. The van der Waals surface area contributed by atoms with Crippen molar-refractivity contribution in [2.75, 3.05) is 5.75 Å². The minimum atomic E-state index is -2.93. The lowest BCUT2D eigenvalue weighted by Crippen LogP contribution is -2.21. The third kappa shape index (κ3) is 2.26. The van der Waals surface area contributed by atoms with E-state index in [0.717, 1.165) is 29.3 Å². The van der Waals surface area contributed by atoms with Crippen molar-refractivity contribution in [3.63, 3.8) is 0 Å². The molecule has 1 heterocycles. The minimum Gasteiger partial charge on any atom is -0.228 e. The van der Waals surface area contributed by atoms with Crippen LogP contribution in [0.1, 0.15) is 30.1 Å². The highest BCUT2D eigenvalue weighted by Crippen LogP contribution is 2.36. The van der Waals surface area contributed by atoms with Crippen LogP contribution in [0.5, 0.6) is 0 Å². The summed E-state index contributed by atoms with van der Waals surface area (Å²) in [5.41, 5.74) is 0.914. The molecule has 1 aliphatic heterocycles. The molecule has 1 unspecified atom stereocenters. The van der Waals surface area contributed by atoms with Crippen molar-refractivity contribution in [2.45, 2.75) is 24.5 Å². The molecule has 0 radical (unpaired) electrons. The molecule has 15 heavy (non-hydrogen) atoms. The summed E-state index contributed by atoms with van der Waals surface area (Å²) in [4.78, 5) is 0. The van der Waals surface area contributed by atoms with E-state index in [1.165, 1.54) is 0 Å². The maximum absolute atomic E-state index is 11.9. The number of rotatable bonds is 1. The molecule has 82 valence electrons. The van der Waals surface area contributed by atoms with Crippen LogP contribution in [0.2, 0.25) is 0 Å². The van der Waals surface area contributed by atoms with Crippen LogP contribution in [0.4, 0.5) is 0 Å². The van der Waals surface area contributed by atoms with Gasteiger partial charge in [-0.2, -0.15) is 0 Å². The first-order valence-electron chi connectivity index (χ1n) is 5.07. The van der Waals surface area contributed by atoms with Gasteiger partial charge in [0, 0.05) is 4.47 Å². The van der Waals surface area contributed by atoms with Crippen LogP contribution in [0, 0.1) is 0 Å². The molecule has 0 N–H and O–H groups in total. The first-order valence-corrected chi connectivity index (χ1v) is 7.58. The molecule has 1 aromatic carbocycles. The molecular weight excluding hydrogens is 276 g/mol. The van der Waals surface area contributed by atoms with E-state index in [1.807, 2.05) is 24.3 Å². The first kappa shape index (κ1) is 11.1. The van der Waals surface area contributed by atoms with Crippen LogP contribution in [0.15, 0.2) is 28.7 Å². The first-order chi connectivity index (χ1) is 7.11. The zero-order chi connectivity index (χ0) is 10.9. The Morgan fingerprint density at radius 1 is 1.20 bits per heavy atom. The highest BCUT2D eigenvalue weighted by molar-refractivity contribution is 9.10. The molecule has 0 bridgehead atoms.